The minimum absolute atomic E-state index is 0.555. The van der Waals surface area contributed by atoms with E-state index in [0.717, 1.165) is 4.47 Å². The number of hydrogen-bond acceptors (Lipinski definition) is 4. The molecule has 0 aromatic carbocycles. The van der Waals surface area contributed by atoms with Crippen molar-refractivity contribution in [3.05, 3.63) is 29.4 Å². The summed E-state index contributed by atoms with van der Waals surface area (Å²) in [6.45, 7) is 0. The lowest BCUT2D eigenvalue weighted by molar-refractivity contribution is 0.847. The number of rotatable bonds is 1. The number of aromatic nitrogens is 4. The molecule has 5 nitrogen and oxygen atoms in total. The zero-order valence-corrected chi connectivity index (χ0v) is 8.14. The van der Waals surface area contributed by atoms with Gasteiger partial charge in [0.2, 0.25) is 0 Å². The number of nitrogens with two attached hydrogens (primary N) is 1. The topological polar surface area (TPSA) is 69.6 Å². The zero-order valence-electron chi connectivity index (χ0n) is 6.55. The average molecular weight is 240 g/mol. The quantitative estimate of drug-likeness (QED) is 0.807. The highest BCUT2D eigenvalue weighted by Crippen LogP contribution is 2.17. The highest BCUT2D eigenvalue weighted by atomic mass is 79.9. The molecule has 0 radical (unpaired) electrons. The van der Waals surface area contributed by atoms with Crippen molar-refractivity contribution in [1.29, 1.82) is 0 Å². The number of halogens is 1. The second-order valence-electron chi connectivity index (χ2n) is 2.41. The summed E-state index contributed by atoms with van der Waals surface area (Å²) in [7, 11) is 0. The van der Waals surface area contributed by atoms with Gasteiger partial charge in [-0.05, 0) is 22.0 Å². The first-order chi connectivity index (χ1) is 6.27. The van der Waals surface area contributed by atoms with E-state index < -0.39 is 0 Å². The minimum atomic E-state index is 0.555. The molecule has 2 heterocycles. The van der Waals surface area contributed by atoms with Crippen LogP contribution in [-0.2, 0) is 0 Å². The lowest BCUT2D eigenvalue weighted by Crippen LogP contribution is -2.02. The van der Waals surface area contributed by atoms with Crippen molar-refractivity contribution in [2.45, 2.75) is 0 Å². The fourth-order valence-electron chi connectivity index (χ4n) is 0.957. The van der Waals surface area contributed by atoms with Gasteiger partial charge in [-0.15, -0.1) is 0 Å². The summed E-state index contributed by atoms with van der Waals surface area (Å²) in [6, 6.07) is 1.77. The van der Waals surface area contributed by atoms with Crippen LogP contribution in [0.3, 0.4) is 0 Å². The van der Waals surface area contributed by atoms with E-state index in [1.807, 2.05) is 0 Å². The zero-order chi connectivity index (χ0) is 9.26. The fourth-order valence-corrected chi connectivity index (χ4v) is 1.31. The molecule has 2 aromatic rings. The van der Waals surface area contributed by atoms with Gasteiger partial charge in [0.15, 0.2) is 5.82 Å². The van der Waals surface area contributed by atoms with Crippen molar-refractivity contribution < 1.29 is 0 Å². The van der Waals surface area contributed by atoms with Crippen LogP contribution in [-0.4, -0.2) is 19.7 Å². The fraction of sp³-hybridized carbons (Fsp3) is 0. The van der Waals surface area contributed by atoms with E-state index in [1.165, 1.54) is 11.0 Å². The second kappa shape index (κ2) is 3.14. The molecule has 0 aliphatic heterocycles. The number of hydrogen-bond donors (Lipinski definition) is 1. The Hall–Kier alpha value is -1.43. The van der Waals surface area contributed by atoms with Gasteiger partial charge in [0.1, 0.15) is 12.7 Å². The van der Waals surface area contributed by atoms with Crippen LogP contribution in [0, 0.1) is 0 Å². The first-order valence-electron chi connectivity index (χ1n) is 3.53. The van der Waals surface area contributed by atoms with E-state index in [9.17, 15) is 0 Å². The average Bonchev–Trinajstić information content (AvgIpc) is 2.56. The summed E-state index contributed by atoms with van der Waals surface area (Å²) < 4.78 is 2.36. The van der Waals surface area contributed by atoms with E-state index >= 15 is 0 Å². The summed E-state index contributed by atoms with van der Waals surface area (Å²) >= 11 is 3.27. The maximum absolute atomic E-state index is 5.73. The van der Waals surface area contributed by atoms with Gasteiger partial charge in [-0.3, -0.25) is 0 Å². The maximum atomic E-state index is 5.73. The molecule has 6 heteroatoms. The van der Waals surface area contributed by atoms with E-state index in [1.54, 1.807) is 18.6 Å². The highest BCUT2D eigenvalue weighted by Gasteiger charge is 2.03. The van der Waals surface area contributed by atoms with Crippen molar-refractivity contribution >= 4 is 21.6 Å². The molecule has 13 heavy (non-hydrogen) atoms. The van der Waals surface area contributed by atoms with Crippen LogP contribution in [0.15, 0.2) is 29.4 Å². The van der Waals surface area contributed by atoms with Gasteiger partial charge in [-0.25, -0.2) is 14.6 Å². The summed E-state index contributed by atoms with van der Waals surface area (Å²) in [4.78, 5) is 7.92. The lowest BCUT2D eigenvalue weighted by atomic mass is 10.4. The van der Waals surface area contributed by atoms with Crippen molar-refractivity contribution in [2.75, 3.05) is 5.73 Å². The molecule has 0 aliphatic carbocycles. The number of anilines is 1. The third-order valence-corrected chi connectivity index (χ3v) is 1.93. The molecule has 0 aliphatic rings. The van der Waals surface area contributed by atoms with Crippen LogP contribution < -0.4 is 5.73 Å². The molecule has 2 N–H and O–H groups in total. The lowest BCUT2D eigenvalue weighted by Gasteiger charge is -2.02. The molecule has 0 bridgehead atoms. The molecule has 0 amide bonds. The molecule has 0 spiro atoms. The van der Waals surface area contributed by atoms with Gasteiger partial charge in [0.05, 0.1) is 5.69 Å². The minimum Gasteiger partial charge on any atom is -0.396 e. The Balaban J connectivity index is 2.53. The van der Waals surface area contributed by atoms with Gasteiger partial charge in [0, 0.05) is 10.7 Å². The first-order valence-corrected chi connectivity index (χ1v) is 4.32. The van der Waals surface area contributed by atoms with E-state index in [4.69, 9.17) is 5.73 Å². The van der Waals surface area contributed by atoms with E-state index in [0.29, 0.717) is 11.5 Å². The molecule has 0 unspecified atom stereocenters. The van der Waals surface area contributed by atoms with Gasteiger partial charge < -0.3 is 5.73 Å². The molecular formula is C7H6BrN5. The molecule has 0 saturated carbocycles. The van der Waals surface area contributed by atoms with Crippen LogP contribution >= 0.6 is 15.9 Å². The SMILES string of the molecule is Nc1cc(Br)cnc1-n1cncn1. The number of pyridine rings is 1. The Labute approximate surface area is 82.7 Å². The second-order valence-corrected chi connectivity index (χ2v) is 3.32. The Morgan fingerprint density at radius 1 is 1.46 bits per heavy atom. The maximum Gasteiger partial charge on any atom is 0.178 e. The Bertz CT molecular complexity index is 411. The van der Waals surface area contributed by atoms with Gasteiger partial charge in [-0.2, -0.15) is 5.10 Å². The summed E-state index contributed by atoms with van der Waals surface area (Å²) in [5, 5.41) is 3.92. The standard InChI is InChI=1S/C7H6BrN5/c8-5-1-6(9)7(11-2-5)13-4-10-3-12-13/h1-4H,9H2. The molecule has 2 aromatic heterocycles. The van der Waals surface area contributed by atoms with Crippen molar-refractivity contribution in [1.82, 2.24) is 19.7 Å². The summed E-state index contributed by atoms with van der Waals surface area (Å²) in [5.74, 6) is 0.584. The van der Waals surface area contributed by atoms with E-state index in [2.05, 4.69) is 31.0 Å². The van der Waals surface area contributed by atoms with Crippen LogP contribution in [0.4, 0.5) is 5.69 Å². The Morgan fingerprint density at radius 2 is 2.31 bits per heavy atom. The number of nitrogen functional groups attached to an aromatic ring is 1. The molecule has 66 valence electrons. The van der Waals surface area contributed by atoms with E-state index in [-0.39, 0.29) is 0 Å². The monoisotopic (exact) mass is 239 g/mol. The molecule has 0 atom stereocenters. The summed E-state index contributed by atoms with van der Waals surface area (Å²) in [6.07, 6.45) is 4.64. The molecule has 2 rings (SSSR count). The Kier molecular flexibility index (Phi) is 1.97. The molecule has 0 fully saturated rings. The number of nitrogens with zero attached hydrogens (tertiary/aromatic N) is 4. The molecular weight excluding hydrogens is 234 g/mol. The largest absolute Gasteiger partial charge is 0.396 e. The third-order valence-electron chi connectivity index (χ3n) is 1.50. The smallest absolute Gasteiger partial charge is 0.178 e. The van der Waals surface area contributed by atoms with Crippen LogP contribution in [0.2, 0.25) is 0 Å². The molecule has 0 saturated heterocycles. The van der Waals surface area contributed by atoms with Crippen molar-refractivity contribution in [3.8, 4) is 5.82 Å². The van der Waals surface area contributed by atoms with Crippen LogP contribution in [0.25, 0.3) is 5.82 Å². The van der Waals surface area contributed by atoms with Crippen LogP contribution in [0.1, 0.15) is 0 Å². The van der Waals surface area contributed by atoms with Gasteiger partial charge >= 0.3 is 0 Å². The van der Waals surface area contributed by atoms with Crippen LogP contribution in [0.5, 0.6) is 0 Å². The highest BCUT2D eigenvalue weighted by molar-refractivity contribution is 9.10. The first kappa shape index (κ1) is 8.18. The van der Waals surface area contributed by atoms with Gasteiger partial charge in [0.25, 0.3) is 0 Å². The van der Waals surface area contributed by atoms with Gasteiger partial charge in [-0.1, -0.05) is 0 Å². The summed E-state index contributed by atoms with van der Waals surface area (Å²) in [5.41, 5.74) is 6.29. The van der Waals surface area contributed by atoms with Crippen molar-refractivity contribution in [2.24, 2.45) is 0 Å². The predicted octanol–water partition coefficient (Wildman–Crippen LogP) is 1.01. The van der Waals surface area contributed by atoms with Crippen molar-refractivity contribution in [3.63, 3.8) is 0 Å². The third kappa shape index (κ3) is 1.52. The predicted molar refractivity (Wildman–Crippen MR) is 51.3 cm³/mol. The normalized spacial score (nSPS) is 10.2. The Morgan fingerprint density at radius 3 is 2.92 bits per heavy atom.